The maximum atomic E-state index is 13.1. The van der Waals surface area contributed by atoms with Crippen LogP contribution in [0.15, 0.2) is 60.2 Å². The number of aromatic nitrogens is 1. The van der Waals surface area contributed by atoms with E-state index in [0.29, 0.717) is 30.7 Å². The summed E-state index contributed by atoms with van der Waals surface area (Å²) in [6.07, 6.45) is 3.45. The van der Waals surface area contributed by atoms with Gasteiger partial charge in [-0.15, -0.1) is 30.6 Å². The lowest BCUT2D eigenvalue weighted by atomic mass is 10.3. The average Bonchev–Trinajstić information content (AvgIpc) is 2.56. The maximum Gasteiger partial charge on any atom is 0.219 e. The summed E-state index contributed by atoms with van der Waals surface area (Å²) in [4.78, 5) is 8.30. The molecule has 5 nitrogen and oxygen atoms in total. The Morgan fingerprint density at radius 1 is 1.33 bits per heavy atom. The molecular weight excluding hydrogens is 422 g/mol. The van der Waals surface area contributed by atoms with Gasteiger partial charge in [-0.1, -0.05) is 18.2 Å². The molecule has 0 radical (unpaired) electrons. The summed E-state index contributed by atoms with van der Waals surface area (Å²) in [6, 6.07) is 9.56. The molecular formula is C17H20FIN4O. The molecule has 1 heterocycles. The molecule has 1 aromatic heterocycles. The number of aliphatic imine (C=N–C) groups is 1. The molecule has 128 valence electrons. The zero-order chi connectivity index (χ0) is 16.5. The molecule has 0 aliphatic heterocycles. The van der Waals surface area contributed by atoms with Crippen LogP contribution in [-0.2, 0) is 6.54 Å². The van der Waals surface area contributed by atoms with E-state index in [0.717, 1.165) is 5.56 Å². The van der Waals surface area contributed by atoms with E-state index in [1.807, 2.05) is 6.07 Å². The number of hydrogen-bond acceptors (Lipinski definition) is 3. The number of guanidine groups is 1. The fraction of sp³-hybridized carbons (Fsp3) is 0.176. The predicted molar refractivity (Wildman–Crippen MR) is 105 cm³/mol. The van der Waals surface area contributed by atoms with Crippen LogP contribution >= 0.6 is 24.0 Å². The molecule has 24 heavy (non-hydrogen) atoms. The van der Waals surface area contributed by atoms with E-state index >= 15 is 0 Å². The van der Waals surface area contributed by atoms with Crippen LogP contribution in [0.25, 0.3) is 0 Å². The second-order valence-electron chi connectivity index (χ2n) is 4.66. The van der Waals surface area contributed by atoms with Crippen molar-refractivity contribution in [3.8, 4) is 11.6 Å². The van der Waals surface area contributed by atoms with Gasteiger partial charge in [-0.05, 0) is 17.7 Å². The molecule has 0 spiro atoms. The highest BCUT2D eigenvalue weighted by atomic mass is 127. The highest BCUT2D eigenvalue weighted by Crippen LogP contribution is 2.19. The third-order valence-corrected chi connectivity index (χ3v) is 2.91. The fourth-order valence-electron chi connectivity index (χ4n) is 1.80. The minimum atomic E-state index is -0.346. The smallest absolute Gasteiger partial charge is 0.219 e. The average molecular weight is 442 g/mol. The van der Waals surface area contributed by atoms with Gasteiger partial charge in [-0.25, -0.2) is 9.37 Å². The number of halogens is 2. The first-order chi connectivity index (χ1) is 11.2. The number of nitrogens with one attached hydrogen (secondary N) is 2. The van der Waals surface area contributed by atoms with E-state index < -0.39 is 0 Å². The summed E-state index contributed by atoms with van der Waals surface area (Å²) < 4.78 is 18.6. The second kappa shape index (κ2) is 10.6. The largest absolute Gasteiger partial charge is 0.439 e. The van der Waals surface area contributed by atoms with Gasteiger partial charge in [-0.3, -0.25) is 4.99 Å². The molecule has 0 saturated carbocycles. The molecule has 0 aliphatic carbocycles. The van der Waals surface area contributed by atoms with Crippen molar-refractivity contribution in [2.24, 2.45) is 4.99 Å². The highest BCUT2D eigenvalue weighted by molar-refractivity contribution is 14.0. The first-order valence-electron chi connectivity index (χ1n) is 7.15. The van der Waals surface area contributed by atoms with Gasteiger partial charge in [0, 0.05) is 38.5 Å². The molecule has 1 aromatic carbocycles. The standard InChI is InChI=1S/C17H19FN4O.HI/c1-3-9-20-17(19-2)22-12-13-7-8-16(21-11-13)23-15-6-4-5-14(18)10-15;/h3-8,10-11H,1,9,12H2,2H3,(H2,19,20,22);1H. The number of hydrogen-bond donors (Lipinski definition) is 2. The normalized spacial score (nSPS) is 10.5. The predicted octanol–water partition coefficient (Wildman–Crippen LogP) is 3.48. The molecule has 2 N–H and O–H groups in total. The van der Waals surface area contributed by atoms with Crippen molar-refractivity contribution in [1.29, 1.82) is 0 Å². The lowest BCUT2D eigenvalue weighted by Gasteiger charge is -2.10. The van der Waals surface area contributed by atoms with Crippen LogP contribution in [0.1, 0.15) is 5.56 Å². The van der Waals surface area contributed by atoms with E-state index in [2.05, 4.69) is 27.2 Å². The monoisotopic (exact) mass is 442 g/mol. The topological polar surface area (TPSA) is 58.5 Å². The molecule has 2 aromatic rings. The van der Waals surface area contributed by atoms with Gasteiger partial charge in [-0.2, -0.15) is 0 Å². The van der Waals surface area contributed by atoms with Gasteiger partial charge in [0.1, 0.15) is 11.6 Å². The molecule has 0 unspecified atom stereocenters. The van der Waals surface area contributed by atoms with Gasteiger partial charge in [0.15, 0.2) is 5.96 Å². The lowest BCUT2D eigenvalue weighted by Crippen LogP contribution is -2.36. The molecule has 0 saturated heterocycles. The Morgan fingerprint density at radius 3 is 2.79 bits per heavy atom. The number of ether oxygens (including phenoxy) is 1. The molecule has 0 aliphatic rings. The van der Waals surface area contributed by atoms with Crippen LogP contribution in [0.3, 0.4) is 0 Å². The van der Waals surface area contributed by atoms with Crippen molar-refractivity contribution in [3.63, 3.8) is 0 Å². The van der Waals surface area contributed by atoms with E-state index in [4.69, 9.17) is 4.74 Å². The summed E-state index contributed by atoms with van der Waals surface area (Å²) in [6.45, 7) is 4.85. The van der Waals surface area contributed by atoms with Crippen LogP contribution in [0.5, 0.6) is 11.6 Å². The molecule has 0 atom stereocenters. The van der Waals surface area contributed by atoms with Crippen molar-refractivity contribution in [2.75, 3.05) is 13.6 Å². The Morgan fingerprint density at radius 2 is 2.17 bits per heavy atom. The van der Waals surface area contributed by atoms with Crippen molar-refractivity contribution in [1.82, 2.24) is 15.6 Å². The van der Waals surface area contributed by atoms with Crippen molar-refractivity contribution < 1.29 is 9.13 Å². The van der Waals surface area contributed by atoms with Crippen LogP contribution in [0.4, 0.5) is 4.39 Å². The maximum absolute atomic E-state index is 13.1. The highest BCUT2D eigenvalue weighted by Gasteiger charge is 2.02. The van der Waals surface area contributed by atoms with Gasteiger partial charge in [0.25, 0.3) is 0 Å². The van der Waals surface area contributed by atoms with E-state index in [1.165, 1.54) is 12.1 Å². The van der Waals surface area contributed by atoms with Crippen molar-refractivity contribution >= 4 is 29.9 Å². The summed E-state index contributed by atoms with van der Waals surface area (Å²) >= 11 is 0. The molecule has 7 heteroatoms. The Bertz CT molecular complexity index is 677. The van der Waals surface area contributed by atoms with Gasteiger partial charge < -0.3 is 15.4 Å². The Kier molecular flexibility index (Phi) is 8.77. The first kappa shape index (κ1) is 19.9. The van der Waals surface area contributed by atoms with E-state index in [-0.39, 0.29) is 29.8 Å². The fourth-order valence-corrected chi connectivity index (χ4v) is 1.80. The Labute approximate surface area is 158 Å². The van der Waals surface area contributed by atoms with Crippen LogP contribution in [-0.4, -0.2) is 24.5 Å². The Balaban J connectivity index is 0.00000288. The SMILES string of the molecule is C=CCNC(=NC)NCc1ccc(Oc2cccc(F)c2)nc1.I. The minimum absolute atomic E-state index is 0. The van der Waals surface area contributed by atoms with Crippen molar-refractivity contribution in [2.45, 2.75) is 6.54 Å². The number of benzene rings is 1. The van der Waals surface area contributed by atoms with Crippen molar-refractivity contribution in [3.05, 3.63) is 66.6 Å². The lowest BCUT2D eigenvalue weighted by molar-refractivity contribution is 0.457. The summed E-state index contributed by atoms with van der Waals surface area (Å²) in [5, 5.41) is 6.24. The number of nitrogens with zero attached hydrogens (tertiary/aromatic N) is 2. The van der Waals surface area contributed by atoms with Crippen LogP contribution < -0.4 is 15.4 Å². The zero-order valence-electron chi connectivity index (χ0n) is 13.3. The second-order valence-corrected chi connectivity index (χ2v) is 4.66. The summed E-state index contributed by atoms with van der Waals surface area (Å²) in [5.74, 6) is 1.16. The van der Waals surface area contributed by atoms with Gasteiger partial charge in [0.2, 0.25) is 5.88 Å². The zero-order valence-corrected chi connectivity index (χ0v) is 15.7. The number of pyridine rings is 1. The van der Waals surface area contributed by atoms with E-state index in [9.17, 15) is 4.39 Å². The molecule has 0 amide bonds. The Hall–Kier alpha value is -2.16. The molecule has 2 rings (SSSR count). The van der Waals surface area contributed by atoms with E-state index in [1.54, 1.807) is 37.5 Å². The summed E-state index contributed by atoms with van der Waals surface area (Å²) in [5.41, 5.74) is 0.971. The third kappa shape index (κ3) is 6.53. The quantitative estimate of drug-likeness (QED) is 0.311. The third-order valence-electron chi connectivity index (χ3n) is 2.91. The van der Waals surface area contributed by atoms with Crippen LogP contribution in [0, 0.1) is 5.82 Å². The minimum Gasteiger partial charge on any atom is -0.439 e. The number of rotatable bonds is 6. The van der Waals surface area contributed by atoms with Gasteiger partial charge >= 0.3 is 0 Å². The first-order valence-corrected chi connectivity index (χ1v) is 7.15. The summed E-state index contributed by atoms with van der Waals surface area (Å²) in [7, 11) is 1.70. The molecule has 0 bridgehead atoms. The molecule has 0 fully saturated rings. The van der Waals surface area contributed by atoms with Crippen LogP contribution in [0.2, 0.25) is 0 Å². The van der Waals surface area contributed by atoms with Gasteiger partial charge in [0.05, 0.1) is 0 Å².